The molecule has 28 heavy (non-hydrogen) atoms. The second kappa shape index (κ2) is 10.5. The maximum absolute atomic E-state index is 11.9. The second-order valence-corrected chi connectivity index (χ2v) is 6.81. The number of carboxylic acid groups (broad SMARTS) is 1. The minimum absolute atomic E-state index is 0.0405. The highest BCUT2D eigenvalue weighted by atomic mass is 16.3. The summed E-state index contributed by atoms with van der Waals surface area (Å²) in [5, 5.41) is 9.59. The highest BCUT2D eigenvalue weighted by Crippen LogP contribution is 2.26. The van der Waals surface area contributed by atoms with E-state index in [0.717, 1.165) is 31.9 Å². The van der Waals surface area contributed by atoms with Crippen LogP contribution in [0.15, 0.2) is 42.6 Å². The maximum atomic E-state index is 11.9. The Kier molecular flexibility index (Phi) is 8.10. The van der Waals surface area contributed by atoms with E-state index in [1.165, 1.54) is 11.1 Å². The van der Waals surface area contributed by atoms with Gasteiger partial charge in [-0.15, -0.1) is 0 Å². The number of pyridine rings is 1. The molecular weight excluding hydrogens is 356 g/mol. The molecule has 1 atom stereocenters. The van der Waals surface area contributed by atoms with Gasteiger partial charge in [0.1, 0.15) is 0 Å². The molecule has 1 aliphatic heterocycles. The van der Waals surface area contributed by atoms with E-state index in [9.17, 15) is 4.79 Å². The predicted molar refractivity (Wildman–Crippen MR) is 108 cm³/mol. The maximum Gasteiger partial charge on any atom is 0.290 e. The Labute approximate surface area is 166 Å². The van der Waals surface area contributed by atoms with Crippen LogP contribution in [0.25, 0.3) is 0 Å². The summed E-state index contributed by atoms with van der Waals surface area (Å²) in [6, 6.07) is 12.3. The molecule has 7 heteroatoms. The van der Waals surface area contributed by atoms with Gasteiger partial charge in [0.2, 0.25) is 0 Å². The van der Waals surface area contributed by atoms with Crippen LogP contribution < -0.4 is 5.32 Å². The van der Waals surface area contributed by atoms with Crippen LogP contribution in [0.4, 0.5) is 0 Å². The summed E-state index contributed by atoms with van der Waals surface area (Å²) in [7, 11) is 3.82. The molecule has 7 nitrogen and oxygen atoms in total. The fourth-order valence-corrected chi connectivity index (χ4v) is 3.36. The first-order chi connectivity index (χ1) is 13.5. The Bertz CT molecular complexity index is 797. The van der Waals surface area contributed by atoms with E-state index in [-0.39, 0.29) is 18.4 Å². The quantitative estimate of drug-likeness (QED) is 0.784. The molecule has 2 aromatic rings. The molecule has 1 aromatic heterocycles. The number of nitrogens with zero attached hydrogens (tertiary/aromatic N) is 3. The van der Waals surface area contributed by atoms with Crippen molar-refractivity contribution in [1.29, 1.82) is 0 Å². The molecule has 3 rings (SSSR count). The van der Waals surface area contributed by atoms with Crippen molar-refractivity contribution in [2.75, 3.05) is 33.7 Å². The van der Waals surface area contributed by atoms with E-state index in [2.05, 4.69) is 46.2 Å². The zero-order chi connectivity index (χ0) is 20.5. The highest BCUT2D eigenvalue weighted by Gasteiger charge is 2.26. The van der Waals surface area contributed by atoms with Gasteiger partial charge in [-0.25, -0.2) is 0 Å². The zero-order valence-corrected chi connectivity index (χ0v) is 16.6. The molecule has 0 aliphatic carbocycles. The number of hydrogen-bond acceptors (Lipinski definition) is 5. The van der Waals surface area contributed by atoms with Gasteiger partial charge in [0.05, 0.1) is 5.69 Å². The van der Waals surface area contributed by atoms with Crippen LogP contribution in [0.3, 0.4) is 0 Å². The Morgan fingerprint density at radius 1 is 1.32 bits per heavy atom. The van der Waals surface area contributed by atoms with Crippen LogP contribution in [-0.4, -0.2) is 66.0 Å². The molecule has 1 aliphatic rings. The topological polar surface area (TPSA) is 85.8 Å². The molecule has 0 radical (unpaired) electrons. The number of hydrogen-bond donors (Lipinski definition) is 2. The number of aryl methyl sites for hydroxylation is 1. The van der Waals surface area contributed by atoms with Gasteiger partial charge < -0.3 is 10.4 Å². The fourth-order valence-electron chi connectivity index (χ4n) is 3.36. The lowest BCUT2D eigenvalue weighted by Gasteiger charge is -2.39. The molecule has 2 heterocycles. The summed E-state index contributed by atoms with van der Waals surface area (Å²) >= 11 is 0. The van der Waals surface area contributed by atoms with Crippen LogP contribution in [0.5, 0.6) is 0 Å². The molecular formula is C21H28N4O3. The summed E-state index contributed by atoms with van der Waals surface area (Å²) in [4.78, 5) is 29.6. The van der Waals surface area contributed by atoms with Crippen molar-refractivity contribution in [3.8, 4) is 0 Å². The molecule has 1 aromatic carbocycles. The van der Waals surface area contributed by atoms with Crippen molar-refractivity contribution >= 4 is 12.4 Å². The number of aromatic nitrogens is 1. The SMILES string of the molecule is CNC(=O)c1cccc(C2CN(Cc3ncccc3C)CCN2C)c1.O=CO. The van der Waals surface area contributed by atoms with Gasteiger partial charge in [-0.2, -0.15) is 0 Å². The molecule has 0 spiro atoms. The number of nitrogens with one attached hydrogen (secondary N) is 1. The van der Waals surface area contributed by atoms with Crippen molar-refractivity contribution in [2.45, 2.75) is 19.5 Å². The number of carbonyl (C=O) groups excluding carboxylic acids is 1. The van der Waals surface area contributed by atoms with Gasteiger partial charge in [-0.3, -0.25) is 24.4 Å². The standard InChI is InChI=1S/C20H26N4O.CH2O2/c1-15-6-5-9-22-18(15)13-24-11-10-23(3)19(14-24)16-7-4-8-17(12-16)20(25)21-2;2-1-3/h4-9,12,19H,10-11,13-14H2,1-3H3,(H,21,25);1H,(H,2,3). The lowest BCUT2D eigenvalue weighted by Crippen LogP contribution is -2.46. The van der Waals surface area contributed by atoms with Gasteiger partial charge >= 0.3 is 0 Å². The Balaban J connectivity index is 0.000000878. The van der Waals surface area contributed by atoms with Gasteiger partial charge in [0.25, 0.3) is 12.4 Å². The smallest absolute Gasteiger partial charge is 0.290 e. The number of likely N-dealkylation sites (N-methyl/N-ethyl adjacent to an activating group) is 1. The van der Waals surface area contributed by atoms with Crippen LogP contribution in [0, 0.1) is 6.92 Å². The number of benzene rings is 1. The summed E-state index contributed by atoms with van der Waals surface area (Å²) in [5.41, 5.74) is 4.28. The zero-order valence-electron chi connectivity index (χ0n) is 16.6. The van der Waals surface area contributed by atoms with Crippen molar-refractivity contribution in [3.63, 3.8) is 0 Å². The normalized spacial score (nSPS) is 17.3. The van der Waals surface area contributed by atoms with Gasteiger partial charge in [-0.05, 0) is 43.3 Å². The van der Waals surface area contributed by atoms with Crippen molar-refractivity contribution in [2.24, 2.45) is 0 Å². The second-order valence-electron chi connectivity index (χ2n) is 6.81. The van der Waals surface area contributed by atoms with E-state index >= 15 is 0 Å². The Hall–Kier alpha value is -2.77. The largest absolute Gasteiger partial charge is 0.483 e. The third kappa shape index (κ3) is 5.61. The summed E-state index contributed by atoms with van der Waals surface area (Å²) in [6.45, 7) is 5.69. The first-order valence-electron chi connectivity index (χ1n) is 9.23. The lowest BCUT2D eigenvalue weighted by atomic mass is 10.00. The first kappa shape index (κ1) is 21.5. The molecule has 2 N–H and O–H groups in total. The third-order valence-electron chi connectivity index (χ3n) is 4.98. The monoisotopic (exact) mass is 384 g/mol. The average molecular weight is 384 g/mol. The van der Waals surface area contributed by atoms with Crippen molar-refractivity contribution in [3.05, 3.63) is 65.0 Å². The molecule has 1 saturated heterocycles. The first-order valence-corrected chi connectivity index (χ1v) is 9.23. The van der Waals surface area contributed by atoms with E-state index in [0.29, 0.717) is 5.56 Å². The molecule has 1 fully saturated rings. The van der Waals surface area contributed by atoms with Crippen molar-refractivity contribution < 1.29 is 14.7 Å². The van der Waals surface area contributed by atoms with Crippen LogP contribution in [0.1, 0.15) is 33.2 Å². The van der Waals surface area contributed by atoms with E-state index in [1.807, 2.05) is 30.5 Å². The lowest BCUT2D eigenvalue weighted by molar-refractivity contribution is -0.122. The minimum Gasteiger partial charge on any atom is -0.483 e. The summed E-state index contributed by atoms with van der Waals surface area (Å²) in [6.07, 6.45) is 1.86. The number of piperazine rings is 1. The molecule has 150 valence electrons. The molecule has 0 bridgehead atoms. The van der Waals surface area contributed by atoms with Gasteiger partial charge in [0, 0.05) is 51.0 Å². The predicted octanol–water partition coefficient (Wildman–Crippen LogP) is 1.94. The number of amides is 1. The van der Waals surface area contributed by atoms with Crippen molar-refractivity contribution in [1.82, 2.24) is 20.1 Å². The average Bonchev–Trinajstić information content (AvgIpc) is 2.71. The molecule has 1 amide bonds. The van der Waals surface area contributed by atoms with Gasteiger partial charge in [-0.1, -0.05) is 18.2 Å². The summed E-state index contributed by atoms with van der Waals surface area (Å²) in [5.74, 6) is -0.0405. The van der Waals surface area contributed by atoms with E-state index in [4.69, 9.17) is 9.90 Å². The minimum atomic E-state index is -0.250. The van der Waals surface area contributed by atoms with Gasteiger partial charge in [0.15, 0.2) is 0 Å². The number of rotatable bonds is 4. The van der Waals surface area contributed by atoms with Crippen LogP contribution >= 0.6 is 0 Å². The van der Waals surface area contributed by atoms with E-state index < -0.39 is 0 Å². The molecule has 0 saturated carbocycles. The van der Waals surface area contributed by atoms with E-state index in [1.54, 1.807) is 7.05 Å². The Morgan fingerprint density at radius 2 is 2.07 bits per heavy atom. The highest BCUT2D eigenvalue weighted by molar-refractivity contribution is 5.94. The fraction of sp³-hybridized carbons (Fsp3) is 0.381. The third-order valence-corrected chi connectivity index (χ3v) is 4.98. The molecule has 1 unspecified atom stereocenters. The Morgan fingerprint density at radius 3 is 2.75 bits per heavy atom. The number of carbonyl (C=O) groups is 2. The van der Waals surface area contributed by atoms with Crippen LogP contribution in [0.2, 0.25) is 0 Å². The van der Waals surface area contributed by atoms with Crippen LogP contribution in [-0.2, 0) is 11.3 Å². The summed E-state index contributed by atoms with van der Waals surface area (Å²) < 4.78 is 0.